The molecule has 0 atom stereocenters. The Kier molecular flexibility index (Phi) is 8.97. The van der Waals surface area contributed by atoms with E-state index in [0.29, 0.717) is 22.6 Å². The van der Waals surface area contributed by atoms with Gasteiger partial charge in [-0.2, -0.15) is 4.39 Å². The Balaban J connectivity index is 1.26. The molecule has 212 valence electrons. The van der Waals surface area contributed by atoms with Crippen LogP contribution in [0.25, 0.3) is 22.3 Å². The summed E-state index contributed by atoms with van der Waals surface area (Å²) in [5, 5.41) is 0. The Hall–Kier alpha value is -3.08. The van der Waals surface area contributed by atoms with Crippen molar-refractivity contribution < 1.29 is 22.3 Å². The van der Waals surface area contributed by atoms with E-state index < -0.39 is 23.3 Å². The van der Waals surface area contributed by atoms with Crippen LogP contribution in [0.2, 0.25) is 0 Å². The maximum Gasteiger partial charge on any atom is 0.201 e. The molecule has 0 saturated heterocycles. The predicted octanol–water partition coefficient (Wildman–Crippen LogP) is 10.6. The van der Waals surface area contributed by atoms with Crippen molar-refractivity contribution in [2.45, 2.75) is 71.1 Å². The molecule has 0 unspecified atom stereocenters. The highest BCUT2D eigenvalue weighted by atomic mass is 19.2. The lowest BCUT2D eigenvalue weighted by Gasteiger charge is -2.37. The lowest BCUT2D eigenvalue weighted by Crippen LogP contribution is -2.25. The monoisotopic (exact) mass is 550 g/mol. The molecule has 0 amide bonds. The minimum atomic E-state index is -1.04. The van der Waals surface area contributed by atoms with Crippen molar-refractivity contribution in [1.29, 1.82) is 0 Å². The Morgan fingerprint density at radius 2 is 1.18 bits per heavy atom. The van der Waals surface area contributed by atoms with Crippen molar-refractivity contribution in [1.82, 2.24) is 0 Å². The summed E-state index contributed by atoms with van der Waals surface area (Å²) in [6.45, 7) is 4.01. The van der Waals surface area contributed by atoms with Crippen LogP contribution in [0.4, 0.5) is 17.6 Å². The van der Waals surface area contributed by atoms with Crippen molar-refractivity contribution in [2.24, 2.45) is 17.8 Å². The van der Waals surface area contributed by atoms with E-state index in [1.54, 1.807) is 43.3 Å². The van der Waals surface area contributed by atoms with Gasteiger partial charge in [0.05, 0.1) is 6.61 Å². The second-order valence-electron chi connectivity index (χ2n) is 11.4. The molecule has 2 saturated carbocycles. The second kappa shape index (κ2) is 12.6. The maximum atomic E-state index is 15.4. The van der Waals surface area contributed by atoms with Crippen molar-refractivity contribution in [3.63, 3.8) is 0 Å². The zero-order valence-electron chi connectivity index (χ0n) is 23.4. The molecule has 0 radical (unpaired) electrons. The van der Waals surface area contributed by atoms with Gasteiger partial charge in [-0.05, 0) is 118 Å². The molecule has 0 N–H and O–H groups in total. The number of ether oxygens (including phenoxy) is 1. The molecular formula is C35H38F4O. The van der Waals surface area contributed by atoms with Gasteiger partial charge in [-0.25, -0.2) is 13.2 Å². The number of benzene rings is 3. The Morgan fingerprint density at radius 3 is 1.73 bits per heavy atom. The van der Waals surface area contributed by atoms with Gasteiger partial charge in [0.1, 0.15) is 0 Å². The summed E-state index contributed by atoms with van der Waals surface area (Å²) < 4.78 is 64.8. The fraction of sp³-hybridized carbons (Fsp3) is 0.429. The van der Waals surface area contributed by atoms with Crippen LogP contribution in [-0.4, -0.2) is 6.61 Å². The maximum absolute atomic E-state index is 15.4. The first-order valence-corrected chi connectivity index (χ1v) is 14.7. The molecule has 2 aliphatic rings. The first-order valence-electron chi connectivity index (χ1n) is 14.7. The van der Waals surface area contributed by atoms with Gasteiger partial charge in [0.15, 0.2) is 23.2 Å². The summed E-state index contributed by atoms with van der Waals surface area (Å²) in [5.41, 5.74) is 1.64. The largest absolute Gasteiger partial charge is 0.491 e. The molecule has 0 aliphatic heterocycles. The topological polar surface area (TPSA) is 9.23 Å². The van der Waals surface area contributed by atoms with Gasteiger partial charge in [0.25, 0.3) is 0 Å². The van der Waals surface area contributed by atoms with Crippen molar-refractivity contribution in [3.8, 4) is 28.0 Å². The van der Waals surface area contributed by atoms with E-state index in [-0.39, 0.29) is 29.4 Å². The third-order valence-electron chi connectivity index (χ3n) is 9.13. The van der Waals surface area contributed by atoms with Crippen molar-refractivity contribution in [3.05, 3.63) is 89.5 Å². The smallest absolute Gasteiger partial charge is 0.201 e. The highest BCUT2D eigenvalue weighted by Crippen LogP contribution is 2.45. The Bertz CT molecular complexity index is 1330. The highest BCUT2D eigenvalue weighted by molar-refractivity contribution is 5.72. The number of hydrogen-bond donors (Lipinski definition) is 0. The minimum absolute atomic E-state index is 0.0408. The van der Waals surface area contributed by atoms with Gasteiger partial charge in [0, 0.05) is 11.1 Å². The average Bonchev–Trinajstić information content (AvgIpc) is 2.98. The van der Waals surface area contributed by atoms with E-state index >= 15 is 8.78 Å². The number of hydrogen-bond acceptors (Lipinski definition) is 1. The van der Waals surface area contributed by atoms with Gasteiger partial charge >= 0.3 is 0 Å². The van der Waals surface area contributed by atoms with Crippen molar-refractivity contribution in [2.75, 3.05) is 6.61 Å². The summed E-state index contributed by atoms with van der Waals surface area (Å²) in [4.78, 5) is 0. The summed E-state index contributed by atoms with van der Waals surface area (Å²) in [6, 6.07) is 12.6. The molecule has 0 spiro atoms. The molecule has 5 heteroatoms. The molecule has 1 nitrogen and oxygen atoms in total. The standard InChI is InChI=1S/C35H38F4O/c1-3-5-22-6-8-23(9-7-22)24-10-12-25(13-11-24)28-18-19-29(33(37)32(28)36)26-14-16-27(17-15-26)30-20-21-31(40-4-2)35(39)34(30)38/h3,5,14-25H,4,6-13H2,1-2H3/b5-3+. The lowest BCUT2D eigenvalue weighted by atomic mass is 9.68. The van der Waals surface area contributed by atoms with Crippen LogP contribution in [0.5, 0.6) is 5.75 Å². The lowest BCUT2D eigenvalue weighted by molar-refractivity contribution is 0.170. The van der Waals surface area contributed by atoms with E-state index in [1.165, 1.54) is 37.8 Å². The number of rotatable bonds is 7. The van der Waals surface area contributed by atoms with Crippen molar-refractivity contribution >= 4 is 0 Å². The van der Waals surface area contributed by atoms with Crippen LogP contribution in [0.1, 0.15) is 76.7 Å². The number of allylic oxidation sites excluding steroid dienone is 2. The molecule has 2 aliphatic carbocycles. The molecule has 40 heavy (non-hydrogen) atoms. The van der Waals surface area contributed by atoms with Crippen LogP contribution in [0, 0.1) is 41.0 Å². The van der Waals surface area contributed by atoms with Gasteiger partial charge in [-0.3, -0.25) is 0 Å². The van der Waals surface area contributed by atoms with E-state index in [9.17, 15) is 8.78 Å². The van der Waals surface area contributed by atoms with E-state index in [4.69, 9.17) is 4.74 Å². The van der Waals surface area contributed by atoms with Crippen LogP contribution in [0.3, 0.4) is 0 Å². The van der Waals surface area contributed by atoms with Crippen LogP contribution in [0.15, 0.2) is 60.7 Å². The molecule has 5 rings (SSSR count). The first-order chi connectivity index (χ1) is 19.4. The summed E-state index contributed by atoms with van der Waals surface area (Å²) in [5.74, 6) is -1.58. The summed E-state index contributed by atoms with van der Waals surface area (Å²) in [7, 11) is 0. The SMILES string of the molecule is C/C=C/C1CCC(C2CCC(c3ccc(-c4ccc(-c5ccc(OCC)c(F)c5F)cc4)c(F)c3F)CC2)CC1. The fourth-order valence-electron chi connectivity index (χ4n) is 6.94. The molecule has 0 bridgehead atoms. The molecule has 0 heterocycles. The van der Waals surface area contributed by atoms with E-state index in [2.05, 4.69) is 19.1 Å². The first kappa shape index (κ1) is 28.4. The quantitative estimate of drug-likeness (QED) is 0.210. The summed E-state index contributed by atoms with van der Waals surface area (Å²) >= 11 is 0. The third kappa shape index (κ3) is 5.84. The second-order valence-corrected chi connectivity index (χ2v) is 11.4. The molecule has 3 aromatic rings. The zero-order valence-corrected chi connectivity index (χ0v) is 23.4. The highest BCUT2D eigenvalue weighted by Gasteiger charge is 2.32. The number of halogens is 4. The van der Waals surface area contributed by atoms with Gasteiger partial charge in [-0.15, -0.1) is 0 Å². The molecule has 0 aromatic heterocycles. The summed E-state index contributed by atoms with van der Waals surface area (Å²) in [6.07, 6.45) is 13.5. The van der Waals surface area contributed by atoms with E-state index in [0.717, 1.165) is 37.5 Å². The van der Waals surface area contributed by atoms with E-state index in [1.807, 2.05) is 0 Å². The van der Waals surface area contributed by atoms with Crippen LogP contribution < -0.4 is 4.74 Å². The Labute approximate surface area is 235 Å². The fourth-order valence-corrected chi connectivity index (χ4v) is 6.94. The average molecular weight is 551 g/mol. The molecule has 2 fully saturated rings. The predicted molar refractivity (Wildman–Crippen MR) is 153 cm³/mol. The van der Waals surface area contributed by atoms with Crippen LogP contribution in [-0.2, 0) is 0 Å². The normalized spacial score (nSPS) is 23.4. The molecular weight excluding hydrogens is 512 g/mol. The minimum Gasteiger partial charge on any atom is -0.491 e. The zero-order chi connectivity index (χ0) is 28.2. The molecule has 3 aromatic carbocycles. The van der Waals surface area contributed by atoms with Gasteiger partial charge in [-0.1, -0.05) is 48.6 Å². The Morgan fingerprint density at radius 1 is 0.650 bits per heavy atom. The van der Waals surface area contributed by atoms with Gasteiger partial charge < -0.3 is 4.74 Å². The third-order valence-corrected chi connectivity index (χ3v) is 9.13. The van der Waals surface area contributed by atoms with Gasteiger partial charge in [0.2, 0.25) is 5.82 Å². The van der Waals surface area contributed by atoms with Crippen LogP contribution >= 0.6 is 0 Å².